The van der Waals surface area contributed by atoms with Gasteiger partial charge in [0.1, 0.15) is 17.6 Å². The molecule has 28 heavy (non-hydrogen) atoms. The van der Waals surface area contributed by atoms with Crippen molar-refractivity contribution in [2.75, 3.05) is 20.2 Å². The monoisotopic (exact) mass is 402 g/mol. The summed E-state index contributed by atoms with van der Waals surface area (Å²) in [5.74, 6) is 1.67. The number of fused-ring (bicyclic) bond motifs is 1. The number of ether oxygens (including phenoxy) is 2. The Balaban J connectivity index is 1.56. The third-order valence-electron chi connectivity index (χ3n) is 4.63. The average Bonchev–Trinajstić information content (AvgIpc) is 3.00. The number of nitrogens with one attached hydrogen (secondary N) is 1. The zero-order chi connectivity index (χ0) is 20.1. The van der Waals surface area contributed by atoms with Crippen LogP contribution in [-0.2, 0) is 24.3 Å². The lowest BCUT2D eigenvalue weighted by atomic mass is 10.1. The Labute approximate surface area is 171 Å². The number of halogens is 1. The van der Waals surface area contributed by atoms with Crippen LogP contribution in [0.1, 0.15) is 30.5 Å². The van der Waals surface area contributed by atoms with Crippen LogP contribution in [0.15, 0.2) is 36.4 Å². The number of nitrogens with zero attached hydrogens (tertiary/aromatic N) is 1. The van der Waals surface area contributed by atoms with Gasteiger partial charge in [-0.15, -0.1) is 0 Å². The van der Waals surface area contributed by atoms with Gasteiger partial charge in [-0.1, -0.05) is 23.7 Å². The molecule has 2 aromatic rings. The van der Waals surface area contributed by atoms with E-state index in [9.17, 15) is 4.79 Å². The van der Waals surface area contributed by atoms with Gasteiger partial charge in [-0.2, -0.15) is 0 Å². The van der Waals surface area contributed by atoms with Crippen molar-refractivity contribution >= 4 is 17.5 Å². The lowest BCUT2D eigenvalue weighted by Gasteiger charge is -2.17. The second kappa shape index (κ2) is 9.30. The van der Waals surface area contributed by atoms with E-state index in [4.69, 9.17) is 21.1 Å². The number of benzene rings is 2. The van der Waals surface area contributed by atoms with Crippen LogP contribution < -0.4 is 14.8 Å². The summed E-state index contributed by atoms with van der Waals surface area (Å²) >= 11 is 5.91. The van der Waals surface area contributed by atoms with E-state index in [1.807, 2.05) is 55.3 Å². The van der Waals surface area contributed by atoms with Gasteiger partial charge in [0.2, 0.25) is 5.91 Å². The van der Waals surface area contributed by atoms with Crippen molar-refractivity contribution in [3.05, 3.63) is 58.1 Å². The Hall–Kier alpha value is -2.24. The van der Waals surface area contributed by atoms with Gasteiger partial charge in [0, 0.05) is 35.7 Å². The Bertz CT molecular complexity index is 823. The highest BCUT2D eigenvalue weighted by molar-refractivity contribution is 6.30. The van der Waals surface area contributed by atoms with Crippen molar-refractivity contribution in [2.45, 2.75) is 39.5 Å². The Morgan fingerprint density at radius 3 is 2.79 bits per heavy atom. The van der Waals surface area contributed by atoms with Gasteiger partial charge >= 0.3 is 0 Å². The van der Waals surface area contributed by atoms with Crippen molar-refractivity contribution in [1.82, 2.24) is 10.2 Å². The van der Waals surface area contributed by atoms with Crippen molar-refractivity contribution in [2.24, 2.45) is 0 Å². The smallest absolute Gasteiger partial charge is 0.234 e. The molecule has 150 valence electrons. The number of carbonyl (C=O) groups is 1. The number of carbonyl (C=O) groups excluding carboxylic acids is 1. The first-order valence-electron chi connectivity index (χ1n) is 9.59. The fourth-order valence-corrected chi connectivity index (χ4v) is 3.49. The molecule has 1 aliphatic rings. The Morgan fingerprint density at radius 2 is 2.07 bits per heavy atom. The van der Waals surface area contributed by atoms with E-state index in [1.165, 1.54) is 0 Å². The zero-order valence-corrected chi connectivity index (χ0v) is 17.4. The van der Waals surface area contributed by atoms with E-state index in [0.717, 1.165) is 34.6 Å². The van der Waals surface area contributed by atoms with Gasteiger partial charge in [-0.05, 0) is 50.7 Å². The van der Waals surface area contributed by atoms with Crippen molar-refractivity contribution < 1.29 is 14.3 Å². The maximum absolute atomic E-state index is 12.4. The lowest BCUT2D eigenvalue weighted by Crippen LogP contribution is -2.34. The molecule has 5 nitrogen and oxygen atoms in total. The average molecular weight is 403 g/mol. The molecule has 0 fully saturated rings. The standard InChI is InChI=1S/C22H27ClN2O3/c1-4-27-20-10-17-9-15(2)28-21(17)11-18(20)12-24-22(26)14-25(3)13-16-5-7-19(23)8-6-16/h5-8,10-11,15H,4,9,12-14H2,1-3H3,(H,24,26)/t15-/m0/s1. The summed E-state index contributed by atoms with van der Waals surface area (Å²) in [6, 6.07) is 11.7. The number of likely N-dealkylation sites (N-methyl/N-ethyl adjacent to an activating group) is 1. The molecule has 3 rings (SSSR count). The van der Waals surface area contributed by atoms with Gasteiger partial charge in [-0.25, -0.2) is 0 Å². The molecular formula is C22H27ClN2O3. The number of amides is 1. The fourth-order valence-electron chi connectivity index (χ4n) is 3.36. The zero-order valence-electron chi connectivity index (χ0n) is 16.6. The second-order valence-electron chi connectivity index (χ2n) is 7.21. The van der Waals surface area contributed by atoms with E-state index in [2.05, 4.69) is 12.2 Å². The SMILES string of the molecule is CCOc1cc2c(cc1CNC(=O)CN(C)Cc1ccc(Cl)cc1)O[C@@H](C)C2. The molecular weight excluding hydrogens is 376 g/mol. The molecule has 2 aromatic carbocycles. The molecule has 1 amide bonds. The molecule has 0 saturated carbocycles. The fraction of sp³-hybridized carbons (Fsp3) is 0.409. The van der Waals surface area contributed by atoms with Crippen LogP contribution in [0.3, 0.4) is 0 Å². The first kappa shape index (κ1) is 20.5. The molecule has 0 bridgehead atoms. The van der Waals surface area contributed by atoms with Crippen molar-refractivity contribution in [1.29, 1.82) is 0 Å². The highest BCUT2D eigenvalue weighted by Crippen LogP contribution is 2.35. The molecule has 0 aromatic heterocycles. The third-order valence-corrected chi connectivity index (χ3v) is 4.89. The topological polar surface area (TPSA) is 50.8 Å². The summed E-state index contributed by atoms with van der Waals surface area (Å²) < 4.78 is 11.6. The van der Waals surface area contributed by atoms with Crippen LogP contribution in [0, 0.1) is 0 Å². The molecule has 1 atom stereocenters. The summed E-state index contributed by atoms with van der Waals surface area (Å²) in [4.78, 5) is 14.3. The summed E-state index contributed by atoms with van der Waals surface area (Å²) in [5.41, 5.74) is 3.21. The maximum Gasteiger partial charge on any atom is 0.234 e. The van der Waals surface area contributed by atoms with Crippen LogP contribution in [0.25, 0.3) is 0 Å². The highest BCUT2D eigenvalue weighted by atomic mass is 35.5. The Kier molecular flexibility index (Phi) is 6.81. The number of hydrogen-bond acceptors (Lipinski definition) is 4. The number of hydrogen-bond donors (Lipinski definition) is 1. The minimum Gasteiger partial charge on any atom is -0.494 e. The quantitative estimate of drug-likeness (QED) is 0.729. The highest BCUT2D eigenvalue weighted by Gasteiger charge is 2.22. The molecule has 1 N–H and O–H groups in total. The van der Waals surface area contributed by atoms with Gasteiger partial charge in [0.25, 0.3) is 0 Å². The van der Waals surface area contributed by atoms with Gasteiger partial charge < -0.3 is 14.8 Å². The first-order valence-corrected chi connectivity index (χ1v) is 9.97. The van der Waals surface area contributed by atoms with E-state index in [0.29, 0.717) is 31.3 Å². The first-order chi connectivity index (χ1) is 13.4. The molecule has 1 heterocycles. The van der Waals surface area contributed by atoms with E-state index in [1.54, 1.807) is 0 Å². The summed E-state index contributed by atoms with van der Waals surface area (Å²) in [6.07, 6.45) is 1.06. The van der Waals surface area contributed by atoms with Crippen LogP contribution in [0.2, 0.25) is 5.02 Å². The van der Waals surface area contributed by atoms with Crippen LogP contribution in [0.4, 0.5) is 0 Å². The van der Waals surface area contributed by atoms with E-state index < -0.39 is 0 Å². The predicted octanol–water partition coefficient (Wildman–Crippen LogP) is 3.81. The molecule has 0 unspecified atom stereocenters. The largest absolute Gasteiger partial charge is 0.494 e. The third kappa shape index (κ3) is 5.40. The van der Waals surface area contributed by atoms with Gasteiger partial charge in [-0.3, -0.25) is 9.69 Å². The molecule has 0 radical (unpaired) electrons. The predicted molar refractivity (Wildman–Crippen MR) is 111 cm³/mol. The Morgan fingerprint density at radius 1 is 1.32 bits per heavy atom. The van der Waals surface area contributed by atoms with E-state index in [-0.39, 0.29) is 12.0 Å². The van der Waals surface area contributed by atoms with E-state index >= 15 is 0 Å². The van der Waals surface area contributed by atoms with Crippen molar-refractivity contribution in [3.8, 4) is 11.5 Å². The minimum absolute atomic E-state index is 0.0336. The van der Waals surface area contributed by atoms with Crippen molar-refractivity contribution in [3.63, 3.8) is 0 Å². The molecule has 1 aliphatic heterocycles. The van der Waals surface area contributed by atoms with Gasteiger partial charge in [0.15, 0.2) is 0 Å². The molecule has 0 aliphatic carbocycles. The summed E-state index contributed by atoms with van der Waals surface area (Å²) in [7, 11) is 1.92. The minimum atomic E-state index is -0.0336. The van der Waals surface area contributed by atoms with Crippen LogP contribution in [0.5, 0.6) is 11.5 Å². The summed E-state index contributed by atoms with van der Waals surface area (Å²) in [5, 5.41) is 3.70. The van der Waals surface area contributed by atoms with Crippen LogP contribution in [-0.4, -0.2) is 37.1 Å². The van der Waals surface area contributed by atoms with Crippen LogP contribution >= 0.6 is 11.6 Å². The summed E-state index contributed by atoms with van der Waals surface area (Å²) in [6.45, 7) is 6.00. The second-order valence-corrected chi connectivity index (χ2v) is 7.65. The lowest BCUT2D eigenvalue weighted by molar-refractivity contribution is -0.122. The van der Waals surface area contributed by atoms with Gasteiger partial charge in [0.05, 0.1) is 13.2 Å². The molecule has 6 heteroatoms. The normalized spacial score (nSPS) is 15.2. The molecule has 0 saturated heterocycles. The molecule has 0 spiro atoms. The number of rotatable bonds is 8. The maximum atomic E-state index is 12.4.